The molecule has 0 spiro atoms. The molecule has 2 N–H and O–H groups in total. The minimum atomic E-state index is -0.183. The Kier molecular flexibility index (Phi) is 8.62. The predicted octanol–water partition coefficient (Wildman–Crippen LogP) is 3.11. The van der Waals surface area contributed by atoms with Crippen molar-refractivity contribution in [3.8, 4) is 11.3 Å². The van der Waals surface area contributed by atoms with E-state index >= 15 is 0 Å². The number of carbonyl (C=O) groups excluding carboxylic acids is 3. The first-order valence-corrected chi connectivity index (χ1v) is 14.1. The molecule has 2 saturated heterocycles. The lowest BCUT2D eigenvalue weighted by atomic mass is 9.95. The van der Waals surface area contributed by atoms with Gasteiger partial charge in [0, 0.05) is 63.5 Å². The number of benzene rings is 1. The van der Waals surface area contributed by atoms with Crippen LogP contribution in [0.5, 0.6) is 0 Å². The number of aromatic nitrogens is 2. The van der Waals surface area contributed by atoms with Crippen LogP contribution < -0.4 is 10.6 Å². The van der Waals surface area contributed by atoms with Crippen LogP contribution in [0.4, 0.5) is 5.95 Å². The van der Waals surface area contributed by atoms with Crippen LogP contribution in [0.25, 0.3) is 11.3 Å². The molecule has 5 rings (SSSR count). The predicted molar refractivity (Wildman–Crippen MR) is 147 cm³/mol. The highest BCUT2D eigenvalue weighted by molar-refractivity contribution is 6.33. The molecular weight excluding hydrogens is 520 g/mol. The van der Waals surface area contributed by atoms with Crippen molar-refractivity contribution in [2.75, 3.05) is 44.7 Å². The lowest BCUT2D eigenvalue weighted by Crippen LogP contribution is -2.41. The summed E-state index contributed by atoms with van der Waals surface area (Å²) < 4.78 is 5.42. The van der Waals surface area contributed by atoms with Crippen LogP contribution in [0.1, 0.15) is 54.9 Å². The van der Waals surface area contributed by atoms with E-state index in [4.69, 9.17) is 16.3 Å². The number of halogens is 1. The highest BCUT2D eigenvalue weighted by Gasteiger charge is 2.30. The van der Waals surface area contributed by atoms with Gasteiger partial charge >= 0.3 is 0 Å². The van der Waals surface area contributed by atoms with E-state index in [1.54, 1.807) is 24.1 Å². The molecule has 4 heterocycles. The molecule has 0 aliphatic carbocycles. The number of hydrogen-bond donors (Lipinski definition) is 2. The molecule has 2 aromatic rings. The number of nitrogens with zero attached hydrogens (tertiary/aromatic N) is 4. The summed E-state index contributed by atoms with van der Waals surface area (Å²) in [6.07, 6.45) is 6.22. The van der Waals surface area contributed by atoms with Gasteiger partial charge in [0.1, 0.15) is 6.54 Å². The number of amides is 3. The van der Waals surface area contributed by atoms with E-state index in [0.717, 1.165) is 56.3 Å². The first kappa shape index (κ1) is 27.3. The van der Waals surface area contributed by atoms with E-state index in [9.17, 15) is 14.4 Å². The number of rotatable bonds is 8. The van der Waals surface area contributed by atoms with E-state index < -0.39 is 0 Å². The van der Waals surface area contributed by atoms with Crippen LogP contribution in [0, 0.1) is 5.92 Å². The normalized spacial score (nSPS) is 19.6. The summed E-state index contributed by atoms with van der Waals surface area (Å²) in [6.45, 7) is 5.49. The third kappa shape index (κ3) is 6.67. The number of anilines is 1. The maximum atomic E-state index is 13.2. The Morgan fingerprint density at radius 1 is 1.21 bits per heavy atom. The smallest absolute Gasteiger partial charge is 0.254 e. The molecule has 0 saturated carbocycles. The molecule has 2 fully saturated rings. The maximum absolute atomic E-state index is 13.2. The average molecular weight is 555 g/mol. The SMILES string of the molecule is CC(=O)N1CCC[C@@H](CCNC(=O)CN2Cc3ccc(-c4nc(NC5CCOCC5)ncc4Cl)cc3C2=O)C1. The average Bonchev–Trinajstić information content (AvgIpc) is 3.24. The van der Waals surface area contributed by atoms with Crippen molar-refractivity contribution >= 4 is 35.3 Å². The Balaban J connectivity index is 1.17. The van der Waals surface area contributed by atoms with Crippen LogP contribution in [0.3, 0.4) is 0 Å². The Hall–Kier alpha value is -3.24. The second kappa shape index (κ2) is 12.3. The summed E-state index contributed by atoms with van der Waals surface area (Å²) in [4.78, 5) is 49.8. The largest absolute Gasteiger partial charge is 0.381 e. The van der Waals surface area contributed by atoms with Crippen molar-refractivity contribution in [2.24, 2.45) is 5.92 Å². The van der Waals surface area contributed by atoms with Gasteiger partial charge in [-0.05, 0) is 49.7 Å². The Morgan fingerprint density at radius 2 is 2.03 bits per heavy atom. The zero-order valence-corrected chi connectivity index (χ0v) is 23.0. The summed E-state index contributed by atoms with van der Waals surface area (Å²) in [6, 6.07) is 5.84. The molecule has 1 aromatic heterocycles. The van der Waals surface area contributed by atoms with Gasteiger partial charge in [0.25, 0.3) is 5.91 Å². The fourth-order valence-electron chi connectivity index (χ4n) is 5.53. The van der Waals surface area contributed by atoms with E-state index in [1.165, 1.54) is 0 Å². The molecule has 11 heteroatoms. The van der Waals surface area contributed by atoms with Crippen LogP contribution in [0.15, 0.2) is 24.4 Å². The topological polar surface area (TPSA) is 117 Å². The fourth-order valence-corrected chi connectivity index (χ4v) is 5.73. The van der Waals surface area contributed by atoms with Crippen LogP contribution in [-0.4, -0.2) is 82.9 Å². The summed E-state index contributed by atoms with van der Waals surface area (Å²) in [7, 11) is 0. The van der Waals surface area contributed by atoms with Crippen molar-refractivity contribution in [2.45, 2.75) is 51.6 Å². The highest BCUT2D eigenvalue weighted by atomic mass is 35.5. The van der Waals surface area contributed by atoms with Crippen molar-refractivity contribution in [3.63, 3.8) is 0 Å². The monoisotopic (exact) mass is 554 g/mol. The number of ether oxygens (including phenoxy) is 1. The number of carbonyl (C=O) groups is 3. The minimum absolute atomic E-state index is 0.000514. The van der Waals surface area contributed by atoms with Crippen molar-refractivity contribution in [3.05, 3.63) is 40.5 Å². The van der Waals surface area contributed by atoms with E-state index in [2.05, 4.69) is 20.6 Å². The van der Waals surface area contributed by atoms with Gasteiger partial charge < -0.3 is 25.2 Å². The second-order valence-electron chi connectivity index (χ2n) is 10.6. The van der Waals surface area contributed by atoms with Crippen LogP contribution in [0.2, 0.25) is 5.02 Å². The Bertz CT molecular complexity index is 1230. The first-order valence-electron chi connectivity index (χ1n) is 13.7. The molecule has 1 aromatic carbocycles. The highest BCUT2D eigenvalue weighted by Crippen LogP contribution is 2.31. The number of nitrogens with one attached hydrogen (secondary N) is 2. The van der Waals surface area contributed by atoms with Crippen LogP contribution in [-0.2, 0) is 20.9 Å². The van der Waals surface area contributed by atoms with Gasteiger partial charge in [-0.3, -0.25) is 14.4 Å². The van der Waals surface area contributed by atoms with Crippen molar-refractivity contribution < 1.29 is 19.1 Å². The summed E-state index contributed by atoms with van der Waals surface area (Å²) in [5.74, 6) is 0.622. The summed E-state index contributed by atoms with van der Waals surface area (Å²) in [5, 5.41) is 6.70. The quantitative estimate of drug-likeness (QED) is 0.515. The van der Waals surface area contributed by atoms with E-state index in [1.807, 2.05) is 17.0 Å². The van der Waals surface area contributed by atoms with Gasteiger partial charge in [0.05, 0.1) is 16.9 Å². The van der Waals surface area contributed by atoms with Gasteiger partial charge in [-0.15, -0.1) is 0 Å². The van der Waals surface area contributed by atoms with Gasteiger partial charge in [-0.25, -0.2) is 9.97 Å². The lowest BCUT2D eigenvalue weighted by Gasteiger charge is -2.32. The minimum Gasteiger partial charge on any atom is -0.381 e. The second-order valence-corrected chi connectivity index (χ2v) is 11.0. The molecule has 39 heavy (non-hydrogen) atoms. The van der Waals surface area contributed by atoms with Crippen molar-refractivity contribution in [1.82, 2.24) is 25.1 Å². The Morgan fingerprint density at radius 3 is 2.82 bits per heavy atom. The molecule has 1 atom stereocenters. The standard InChI is InChI=1S/C28H35ClN6O4/c1-18(36)34-10-2-3-19(15-34)6-9-30-25(37)17-35-16-21-5-4-20(13-23(21)27(35)38)26-24(29)14-31-28(33-26)32-22-7-11-39-12-8-22/h4-5,13-14,19,22H,2-3,6-12,15-17H2,1H3,(H,30,37)(H,31,32,33)/t19-/m0/s1. The van der Waals surface area contributed by atoms with Crippen molar-refractivity contribution in [1.29, 1.82) is 0 Å². The molecule has 10 nitrogen and oxygen atoms in total. The first-order chi connectivity index (χ1) is 18.9. The fraction of sp³-hybridized carbons (Fsp3) is 0.536. The van der Waals surface area contributed by atoms with E-state index in [0.29, 0.717) is 54.4 Å². The van der Waals surface area contributed by atoms with E-state index in [-0.39, 0.29) is 30.3 Å². The lowest BCUT2D eigenvalue weighted by molar-refractivity contribution is -0.130. The molecule has 3 amide bonds. The van der Waals surface area contributed by atoms with Gasteiger partial charge in [0.15, 0.2) is 0 Å². The number of likely N-dealkylation sites (tertiary alicyclic amines) is 1. The molecule has 3 aliphatic heterocycles. The number of piperidine rings is 1. The summed E-state index contributed by atoms with van der Waals surface area (Å²) >= 11 is 6.45. The summed E-state index contributed by atoms with van der Waals surface area (Å²) in [5.41, 5.74) is 2.70. The molecular formula is C28H35ClN6O4. The molecule has 0 bridgehead atoms. The zero-order valence-electron chi connectivity index (χ0n) is 22.2. The van der Waals surface area contributed by atoms with Gasteiger partial charge in [0.2, 0.25) is 17.8 Å². The Labute approximate surface area is 233 Å². The third-order valence-corrected chi connectivity index (χ3v) is 8.01. The van der Waals surface area contributed by atoms with Gasteiger partial charge in [-0.2, -0.15) is 0 Å². The maximum Gasteiger partial charge on any atom is 0.254 e. The number of fused-ring (bicyclic) bond motifs is 1. The van der Waals surface area contributed by atoms with Gasteiger partial charge in [-0.1, -0.05) is 23.7 Å². The molecule has 208 valence electrons. The third-order valence-electron chi connectivity index (χ3n) is 7.73. The molecule has 0 radical (unpaired) electrons. The molecule has 3 aliphatic rings. The number of hydrogen-bond acceptors (Lipinski definition) is 7. The molecule has 0 unspecified atom stereocenters. The van der Waals surface area contributed by atoms with Crippen LogP contribution >= 0.6 is 11.6 Å². The zero-order chi connectivity index (χ0) is 27.4.